The van der Waals surface area contributed by atoms with E-state index in [0.29, 0.717) is 18.9 Å². The minimum atomic E-state index is 0.00648. The van der Waals surface area contributed by atoms with Gasteiger partial charge in [-0.2, -0.15) is 5.21 Å². The van der Waals surface area contributed by atoms with Gasteiger partial charge in [-0.15, -0.1) is 27.5 Å². The van der Waals surface area contributed by atoms with Crippen molar-refractivity contribution < 1.29 is 4.74 Å². The Hall–Kier alpha value is -4.02. The lowest BCUT2D eigenvalue weighted by molar-refractivity contribution is 0.306. The Bertz CT molecular complexity index is 1460. The van der Waals surface area contributed by atoms with Gasteiger partial charge >= 0.3 is 0 Å². The zero-order chi connectivity index (χ0) is 23.3. The smallest absolute Gasteiger partial charge is 0.176 e. The van der Waals surface area contributed by atoms with Crippen LogP contribution >= 0.6 is 11.3 Å². The van der Waals surface area contributed by atoms with Gasteiger partial charge in [-0.3, -0.25) is 4.98 Å². The average molecular weight is 466 g/mol. The highest BCUT2D eigenvalue weighted by Gasteiger charge is 2.13. The van der Waals surface area contributed by atoms with Crippen molar-refractivity contribution in [1.29, 1.82) is 0 Å². The molecule has 0 amide bonds. The molecular formula is C27H23N5OS. The monoisotopic (exact) mass is 465 g/mol. The van der Waals surface area contributed by atoms with Crippen molar-refractivity contribution in [2.75, 3.05) is 0 Å². The van der Waals surface area contributed by atoms with Crippen LogP contribution in [0.3, 0.4) is 0 Å². The van der Waals surface area contributed by atoms with Crippen LogP contribution in [0.5, 0.6) is 5.75 Å². The largest absolute Gasteiger partial charge is 0.489 e. The summed E-state index contributed by atoms with van der Waals surface area (Å²) in [7, 11) is 0. The fourth-order valence-electron chi connectivity index (χ4n) is 3.98. The first kappa shape index (κ1) is 21.8. The molecule has 1 atom stereocenters. The van der Waals surface area contributed by atoms with Gasteiger partial charge in [0.2, 0.25) is 0 Å². The number of H-pyrrole nitrogens is 1. The van der Waals surface area contributed by atoms with E-state index in [1.54, 1.807) is 11.3 Å². The fourth-order valence-corrected chi connectivity index (χ4v) is 4.93. The number of thiophene rings is 1. The second-order valence-electron chi connectivity index (χ2n) is 7.95. The highest BCUT2D eigenvalue weighted by molar-refractivity contribution is 7.17. The van der Waals surface area contributed by atoms with E-state index in [4.69, 9.17) is 4.74 Å². The number of tetrazole rings is 1. The first-order valence-corrected chi connectivity index (χ1v) is 11.9. The summed E-state index contributed by atoms with van der Waals surface area (Å²) in [6, 6.07) is 18.7. The molecule has 0 spiro atoms. The third-order valence-corrected chi connectivity index (χ3v) is 6.68. The Morgan fingerprint density at radius 1 is 1.09 bits per heavy atom. The van der Waals surface area contributed by atoms with E-state index in [0.717, 1.165) is 22.6 Å². The molecule has 34 heavy (non-hydrogen) atoms. The molecule has 0 bridgehead atoms. The fraction of sp³-hybridized carbons (Fsp3) is 0.185. The van der Waals surface area contributed by atoms with E-state index < -0.39 is 0 Å². The molecular weight excluding hydrogens is 442 g/mol. The molecule has 1 N–H and O–H groups in total. The predicted molar refractivity (Wildman–Crippen MR) is 135 cm³/mol. The first-order chi connectivity index (χ1) is 16.7. The zero-order valence-electron chi connectivity index (χ0n) is 18.9. The van der Waals surface area contributed by atoms with E-state index in [1.165, 1.54) is 21.2 Å². The SMILES string of the molecule is CC#CC(Cc1nn[nH]n1)c1ccc(OCc2ccc3scc(-c4cccnc4C)c3c2)cc1. The van der Waals surface area contributed by atoms with Gasteiger partial charge in [0.25, 0.3) is 0 Å². The molecule has 5 rings (SSSR count). The molecule has 0 aliphatic heterocycles. The number of aromatic amines is 1. The summed E-state index contributed by atoms with van der Waals surface area (Å²) in [4.78, 5) is 4.45. The van der Waals surface area contributed by atoms with Crippen LogP contribution in [-0.2, 0) is 13.0 Å². The third kappa shape index (κ3) is 4.68. The molecule has 0 radical (unpaired) electrons. The summed E-state index contributed by atoms with van der Waals surface area (Å²) in [5.74, 6) is 7.71. The number of aryl methyl sites for hydroxylation is 1. The predicted octanol–water partition coefficient (Wildman–Crippen LogP) is 5.71. The van der Waals surface area contributed by atoms with Crippen molar-refractivity contribution in [3.05, 3.63) is 88.8 Å². The van der Waals surface area contributed by atoms with Crippen molar-refractivity contribution in [2.45, 2.75) is 32.8 Å². The molecule has 6 nitrogen and oxygen atoms in total. The molecule has 0 saturated carbocycles. The van der Waals surface area contributed by atoms with Crippen LogP contribution in [0.2, 0.25) is 0 Å². The van der Waals surface area contributed by atoms with Crippen molar-refractivity contribution >= 4 is 21.4 Å². The lowest BCUT2D eigenvalue weighted by Crippen LogP contribution is -2.03. The van der Waals surface area contributed by atoms with Crippen LogP contribution in [0.25, 0.3) is 21.2 Å². The van der Waals surface area contributed by atoms with Crippen LogP contribution in [0.15, 0.2) is 66.2 Å². The molecule has 5 aromatic rings. The maximum Gasteiger partial charge on any atom is 0.176 e. The van der Waals surface area contributed by atoms with E-state index >= 15 is 0 Å². The number of benzene rings is 2. The molecule has 168 valence electrons. The molecule has 0 saturated heterocycles. The molecule has 0 aliphatic rings. The number of nitrogens with zero attached hydrogens (tertiary/aromatic N) is 4. The summed E-state index contributed by atoms with van der Waals surface area (Å²) in [6.45, 7) is 4.39. The highest BCUT2D eigenvalue weighted by Crippen LogP contribution is 2.35. The quantitative estimate of drug-likeness (QED) is 0.311. The zero-order valence-corrected chi connectivity index (χ0v) is 19.8. The highest BCUT2D eigenvalue weighted by atomic mass is 32.1. The molecule has 0 aliphatic carbocycles. The Kier molecular flexibility index (Phi) is 6.32. The number of pyridine rings is 1. The molecule has 1 unspecified atom stereocenters. The molecule has 2 aromatic carbocycles. The van der Waals surface area contributed by atoms with Gasteiger partial charge in [0.15, 0.2) is 5.82 Å². The van der Waals surface area contributed by atoms with Crippen molar-refractivity contribution in [2.24, 2.45) is 0 Å². The Morgan fingerprint density at radius 3 is 2.74 bits per heavy atom. The van der Waals surface area contributed by atoms with Crippen LogP contribution in [-0.4, -0.2) is 25.6 Å². The number of hydrogen-bond donors (Lipinski definition) is 1. The maximum absolute atomic E-state index is 6.10. The number of aromatic nitrogens is 5. The molecule has 7 heteroatoms. The summed E-state index contributed by atoms with van der Waals surface area (Å²) in [6.07, 6.45) is 2.44. The number of fused-ring (bicyclic) bond motifs is 1. The Morgan fingerprint density at radius 2 is 1.97 bits per heavy atom. The van der Waals surface area contributed by atoms with Gasteiger partial charge in [0, 0.05) is 39.5 Å². The van der Waals surface area contributed by atoms with Gasteiger partial charge in [0.05, 0.1) is 5.92 Å². The van der Waals surface area contributed by atoms with Crippen molar-refractivity contribution in [1.82, 2.24) is 25.6 Å². The van der Waals surface area contributed by atoms with Crippen LogP contribution in [0.4, 0.5) is 0 Å². The lowest BCUT2D eigenvalue weighted by Gasteiger charge is -2.11. The second-order valence-corrected chi connectivity index (χ2v) is 8.86. The van der Waals surface area contributed by atoms with Crippen LogP contribution in [0, 0.1) is 18.8 Å². The molecule has 3 aromatic heterocycles. The van der Waals surface area contributed by atoms with Gasteiger partial charge in [-0.25, -0.2) is 0 Å². The second kappa shape index (κ2) is 9.86. The van der Waals surface area contributed by atoms with Crippen LogP contribution < -0.4 is 4.74 Å². The van der Waals surface area contributed by atoms with E-state index in [1.807, 2.05) is 38.2 Å². The van der Waals surface area contributed by atoms with Crippen molar-refractivity contribution in [3.63, 3.8) is 0 Å². The maximum atomic E-state index is 6.10. The Balaban J connectivity index is 1.31. The first-order valence-electron chi connectivity index (χ1n) is 11.0. The summed E-state index contributed by atoms with van der Waals surface area (Å²) >= 11 is 1.76. The van der Waals surface area contributed by atoms with Gasteiger partial charge in [0.1, 0.15) is 12.4 Å². The Labute approximate surface area is 202 Å². The van der Waals surface area contributed by atoms with Crippen LogP contribution in [0.1, 0.15) is 35.5 Å². The number of rotatable bonds is 7. The normalized spacial score (nSPS) is 11.7. The van der Waals surface area contributed by atoms with E-state index in [2.05, 4.69) is 79.2 Å². The van der Waals surface area contributed by atoms with Crippen molar-refractivity contribution in [3.8, 4) is 28.7 Å². The minimum absolute atomic E-state index is 0.00648. The number of ether oxygens (including phenoxy) is 1. The minimum Gasteiger partial charge on any atom is -0.489 e. The molecule has 0 fully saturated rings. The molecule has 3 heterocycles. The standard InChI is InChI=1S/C27H23N5OS/c1-3-5-21(15-27-29-31-32-30-27)20-8-10-22(11-9-20)33-16-19-7-12-26-24(14-19)25(17-34-26)23-6-4-13-28-18(23)2/h4,6-14,17,21H,15-16H2,1-2H3,(H,29,30,31,32). The topological polar surface area (TPSA) is 76.6 Å². The summed E-state index contributed by atoms with van der Waals surface area (Å²) < 4.78 is 7.36. The number of nitrogens with one attached hydrogen (secondary N) is 1. The van der Waals surface area contributed by atoms with E-state index in [9.17, 15) is 0 Å². The average Bonchev–Trinajstić information content (AvgIpc) is 3.53. The van der Waals surface area contributed by atoms with Gasteiger partial charge in [-0.1, -0.05) is 35.4 Å². The summed E-state index contributed by atoms with van der Waals surface area (Å²) in [5, 5.41) is 17.7. The van der Waals surface area contributed by atoms with E-state index in [-0.39, 0.29) is 5.92 Å². The number of hydrogen-bond acceptors (Lipinski definition) is 6. The summed E-state index contributed by atoms with van der Waals surface area (Å²) in [5.41, 5.74) is 5.66. The van der Waals surface area contributed by atoms with Gasteiger partial charge in [-0.05, 0) is 60.7 Å². The third-order valence-electron chi connectivity index (χ3n) is 5.72. The van der Waals surface area contributed by atoms with Gasteiger partial charge < -0.3 is 4.74 Å². The lowest BCUT2D eigenvalue weighted by atomic mass is 9.96.